The number of urea groups is 1. The van der Waals surface area contributed by atoms with Crippen molar-refractivity contribution in [2.24, 2.45) is 5.92 Å². The van der Waals surface area contributed by atoms with Crippen molar-refractivity contribution >= 4 is 57.7 Å². The Morgan fingerprint density at radius 3 is 2.58 bits per heavy atom. The van der Waals surface area contributed by atoms with Crippen molar-refractivity contribution in [2.45, 2.75) is 32.4 Å². The summed E-state index contributed by atoms with van der Waals surface area (Å²) in [6.07, 6.45) is 0.580. The summed E-state index contributed by atoms with van der Waals surface area (Å²) >= 11 is 8.37. The van der Waals surface area contributed by atoms with Gasteiger partial charge in [0.15, 0.2) is 0 Å². The van der Waals surface area contributed by atoms with Crippen LogP contribution in [-0.2, 0) is 9.59 Å². The molecule has 1 saturated heterocycles. The normalized spacial score (nSPS) is 17.5. The predicted octanol–water partition coefficient (Wildman–Crippen LogP) is 3.96. The molecule has 0 radical (unpaired) electrons. The lowest BCUT2D eigenvalue weighted by Gasteiger charge is -2.29. The maximum Gasteiger partial charge on any atom is 0.325 e. The fraction of sp³-hybridized carbons (Fsp3) is 0.348. The Kier molecular flexibility index (Phi) is 8.55. The molecule has 2 aromatic carbocycles. The second kappa shape index (κ2) is 11.2. The van der Waals surface area contributed by atoms with E-state index in [0.717, 1.165) is 8.47 Å². The van der Waals surface area contributed by atoms with E-state index in [-0.39, 0.29) is 19.1 Å². The highest BCUT2D eigenvalue weighted by Crippen LogP contribution is 2.30. The summed E-state index contributed by atoms with van der Waals surface area (Å²) in [5.41, 5.74) is 0.980. The van der Waals surface area contributed by atoms with E-state index in [9.17, 15) is 14.4 Å². The fourth-order valence-corrected chi connectivity index (χ4v) is 4.46. The molecule has 8 nitrogen and oxygen atoms in total. The molecule has 1 aliphatic heterocycles. The number of aliphatic hydroxyl groups is 1. The van der Waals surface area contributed by atoms with Crippen LogP contribution in [0.15, 0.2) is 42.5 Å². The van der Waals surface area contributed by atoms with E-state index in [4.69, 9.17) is 21.4 Å². The van der Waals surface area contributed by atoms with Crippen molar-refractivity contribution in [1.29, 1.82) is 0 Å². The van der Waals surface area contributed by atoms with Gasteiger partial charge in [-0.25, -0.2) is 9.69 Å². The molecule has 33 heavy (non-hydrogen) atoms. The van der Waals surface area contributed by atoms with Crippen LogP contribution in [0.5, 0.6) is 5.75 Å². The topological polar surface area (TPSA) is 108 Å². The second-order valence-electron chi connectivity index (χ2n) is 7.68. The minimum Gasteiger partial charge on any atom is -0.491 e. The van der Waals surface area contributed by atoms with E-state index in [1.807, 2.05) is 13.8 Å². The maximum atomic E-state index is 13.3. The van der Waals surface area contributed by atoms with Gasteiger partial charge in [0.05, 0.1) is 17.3 Å². The first-order valence-electron chi connectivity index (χ1n) is 10.5. The summed E-state index contributed by atoms with van der Waals surface area (Å²) in [5.74, 6) is -0.731. The largest absolute Gasteiger partial charge is 0.491 e. The van der Waals surface area contributed by atoms with Crippen LogP contribution in [0.25, 0.3) is 0 Å². The third kappa shape index (κ3) is 5.77. The number of rotatable bonds is 9. The number of imide groups is 1. The van der Waals surface area contributed by atoms with Gasteiger partial charge in [-0.2, -0.15) is 0 Å². The van der Waals surface area contributed by atoms with Crippen molar-refractivity contribution in [2.75, 3.05) is 18.5 Å². The standard InChI is InChI=1S/C23H25ClIN3O5/c1-3-13(2)20(21(30)26-18-9-6-15(25)12-17(18)24)28-22(31)19(27-23(28)32)14-4-7-16(8-5-14)33-11-10-29/h4-9,12-13,19-20,29H,3,10-11H2,1-2H3,(H,26,30)(H,27,32)/t13-,19+,20-/m0/s1. The number of halogens is 2. The zero-order chi connectivity index (χ0) is 24.1. The number of carbonyl (C=O) groups is 3. The first kappa shape index (κ1) is 25.3. The quantitative estimate of drug-likeness (QED) is 0.305. The molecule has 0 bridgehead atoms. The summed E-state index contributed by atoms with van der Waals surface area (Å²) in [5, 5.41) is 14.7. The molecule has 1 heterocycles. The summed E-state index contributed by atoms with van der Waals surface area (Å²) in [4.78, 5) is 40.4. The Bertz CT molecular complexity index is 1030. The number of aliphatic hydroxyl groups excluding tert-OH is 1. The molecule has 10 heteroatoms. The van der Waals surface area contributed by atoms with Crippen LogP contribution in [0.2, 0.25) is 5.02 Å². The zero-order valence-electron chi connectivity index (χ0n) is 18.2. The second-order valence-corrected chi connectivity index (χ2v) is 9.33. The Morgan fingerprint density at radius 2 is 1.97 bits per heavy atom. The molecule has 0 aliphatic carbocycles. The Hall–Kier alpha value is -2.37. The van der Waals surface area contributed by atoms with Gasteiger partial charge in [0.2, 0.25) is 5.91 Å². The molecule has 176 valence electrons. The summed E-state index contributed by atoms with van der Waals surface area (Å²) in [6, 6.07) is 9.32. The lowest BCUT2D eigenvalue weighted by molar-refractivity contribution is -0.135. The number of anilines is 1. The monoisotopic (exact) mass is 585 g/mol. The van der Waals surface area contributed by atoms with Crippen molar-refractivity contribution in [3.05, 3.63) is 56.6 Å². The molecule has 3 N–H and O–H groups in total. The van der Waals surface area contributed by atoms with Crippen molar-refractivity contribution in [3.63, 3.8) is 0 Å². The van der Waals surface area contributed by atoms with Gasteiger partial charge in [0.1, 0.15) is 24.4 Å². The Morgan fingerprint density at radius 1 is 1.27 bits per heavy atom. The van der Waals surface area contributed by atoms with Crippen LogP contribution < -0.4 is 15.4 Å². The SMILES string of the molecule is CC[C@H](C)[C@@H](C(=O)Nc1ccc(I)cc1Cl)N1C(=O)N[C@H](c2ccc(OCCO)cc2)C1=O. The minimum atomic E-state index is -1.00. The highest BCUT2D eigenvalue weighted by atomic mass is 127. The number of carbonyl (C=O) groups excluding carboxylic acids is 3. The highest BCUT2D eigenvalue weighted by molar-refractivity contribution is 14.1. The van der Waals surface area contributed by atoms with Gasteiger partial charge in [0.25, 0.3) is 5.91 Å². The number of nitrogens with one attached hydrogen (secondary N) is 2. The van der Waals surface area contributed by atoms with E-state index < -0.39 is 29.9 Å². The predicted molar refractivity (Wildman–Crippen MR) is 133 cm³/mol. The van der Waals surface area contributed by atoms with Gasteiger partial charge in [-0.1, -0.05) is 44.0 Å². The van der Waals surface area contributed by atoms with E-state index in [1.54, 1.807) is 42.5 Å². The van der Waals surface area contributed by atoms with Crippen molar-refractivity contribution in [3.8, 4) is 5.75 Å². The van der Waals surface area contributed by atoms with Crippen LogP contribution in [0, 0.1) is 9.49 Å². The molecule has 0 spiro atoms. The van der Waals surface area contributed by atoms with Gasteiger partial charge in [-0.15, -0.1) is 0 Å². The molecule has 0 aromatic heterocycles. The highest BCUT2D eigenvalue weighted by Gasteiger charge is 2.46. The van der Waals surface area contributed by atoms with Crippen LogP contribution >= 0.6 is 34.2 Å². The van der Waals surface area contributed by atoms with Crippen molar-refractivity contribution < 1.29 is 24.2 Å². The molecular formula is C23H25ClIN3O5. The number of ether oxygens (including phenoxy) is 1. The lowest BCUT2D eigenvalue weighted by Crippen LogP contribution is -2.51. The average Bonchev–Trinajstić information content (AvgIpc) is 3.08. The van der Waals surface area contributed by atoms with Crippen LogP contribution in [-0.4, -0.2) is 47.1 Å². The lowest BCUT2D eigenvalue weighted by atomic mass is 9.96. The van der Waals surface area contributed by atoms with Gasteiger partial charge < -0.3 is 20.5 Å². The summed E-state index contributed by atoms with van der Waals surface area (Å²) in [6.45, 7) is 3.76. The molecule has 2 aromatic rings. The fourth-order valence-electron chi connectivity index (χ4n) is 3.55. The van der Waals surface area contributed by atoms with Gasteiger partial charge in [-0.05, 0) is 64.4 Å². The Labute approximate surface area is 210 Å². The zero-order valence-corrected chi connectivity index (χ0v) is 21.1. The number of benzene rings is 2. The maximum absolute atomic E-state index is 13.3. The number of hydrogen-bond acceptors (Lipinski definition) is 5. The Balaban J connectivity index is 1.83. The molecule has 1 aliphatic rings. The van der Waals surface area contributed by atoms with Crippen molar-refractivity contribution in [1.82, 2.24) is 10.2 Å². The smallest absolute Gasteiger partial charge is 0.325 e. The third-order valence-electron chi connectivity index (χ3n) is 5.46. The molecule has 4 amide bonds. The van der Waals surface area contributed by atoms with E-state index in [0.29, 0.717) is 28.4 Å². The van der Waals surface area contributed by atoms with E-state index in [2.05, 4.69) is 33.2 Å². The molecule has 1 fully saturated rings. The first-order chi connectivity index (χ1) is 15.8. The molecule has 0 saturated carbocycles. The first-order valence-corrected chi connectivity index (χ1v) is 12.0. The number of nitrogens with zero attached hydrogens (tertiary/aromatic N) is 1. The van der Waals surface area contributed by atoms with Gasteiger partial charge in [-0.3, -0.25) is 9.59 Å². The van der Waals surface area contributed by atoms with Crippen LogP contribution in [0.1, 0.15) is 31.9 Å². The summed E-state index contributed by atoms with van der Waals surface area (Å²) in [7, 11) is 0. The molecule has 0 unspecified atom stereocenters. The molecule has 3 atom stereocenters. The number of amides is 4. The van der Waals surface area contributed by atoms with Crippen LogP contribution in [0.4, 0.5) is 10.5 Å². The van der Waals surface area contributed by atoms with E-state index >= 15 is 0 Å². The van der Waals surface area contributed by atoms with E-state index in [1.165, 1.54) is 0 Å². The van der Waals surface area contributed by atoms with Gasteiger partial charge in [0, 0.05) is 3.57 Å². The molecular weight excluding hydrogens is 561 g/mol. The van der Waals surface area contributed by atoms with Gasteiger partial charge >= 0.3 is 6.03 Å². The molecule has 3 rings (SSSR count). The number of hydrogen-bond donors (Lipinski definition) is 3. The minimum absolute atomic E-state index is 0.111. The third-order valence-corrected chi connectivity index (χ3v) is 6.45. The summed E-state index contributed by atoms with van der Waals surface area (Å²) < 4.78 is 6.25. The van der Waals surface area contributed by atoms with Crippen LogP contribution in [0.3, 0.4) is 0 Å². The average molecular weight is 586 g/mol.